The molecule has 2 N–H and O–H groups in total. The second kappa shape index (κ2) is 6.71. The highest BCUT2D eigenvalue weighted by molar-refractivity contribution is 7.80. The van der Waals surface area contributed by atoms with Crippen molar-refractivity contribution in [1.29, 1.82) is 0 Å². The van der Waals surface area contributed by atoms with Gasteiger partial charge in [0.1, 0.15) is 0 Å². The van der Waals surface area contributed by atoms with Gasteiger partial charge in [0, 0.05) is 24.6 Å². The maximum Gasteiger partial charge on any atom is 0.170 e. The average Bonchev–Trinajstić information content (AvgIpc) is 2.41. The van der Waals surface area contributed by atoms with Crippen LogP contribution >= 0.6 is 12.2 Å². The summed E-state index contributed by atoms with van der Waals surface area (Å²) in [4.78, 5) is 3.95. The number of anilines is 1. The fraction of sp³-hybridized carbons (Fsp3) is 0.143. The van der Waals surface area contributed by atoms with Gasteiger partial charge in [0.05, 0.1) is 0 Å². The summed E-state index contributed by atoms with van der Waals surface area (Å²) in [6, 6.07) is 14.1. The lowest BCUT2D eigenvalue weighted by atomic mass is 10.1. The fourth-order valence-corrected chi connectivity index (χ4v) is 1.80. The highest BCUT2D eigenvalue weighted by Gasteiger charge is 1.96. The number of hydrogen-bond acceptors (Lipinski definition) is 2. The van der Waals surface area contributed by atoms with Crippen molar-refractivity contribution in [3.63, 3.8) is 0 Å². The Hall–Kier alpha value is -1.94. The maximum absolute atomic E-state index is 5.21. The molecule has 0 aliphatic carbocycles. The molecule has 3 nitrogen and oxygen atoms in total. The largest absolute Gasteiger partial charge is 0.362 e. The molecule has 1 aromatic heterocycles. The lowest BCUT2D eigenvalue weighted by Gasteiger charge is -2.10. The molecule has 0 amide bonds. The summed E-state index contributed by atoms with van der Waals surface area (Å²) in [6.07, 6.45) is 4.42. The van der Waals surface area contributed by atoms with Gasteiger partial charge < -0.3 is 10.6 Å². The predicted molar refractivity (Wildman–Crippen MR) is 78.6 cm³/mol. The molecule has 1 heterocycles. The summed E-state index contributed by atoms with van der Waals surface area (Å²) in [5.41, 5.74) is 2.25. The molecule has 0 unspecified atom stereocenters. The second-order valence-electron chi connectivity index (χ2n) is 3.85. The normalized spacial score (nSPS) is 9.78. The first-order chi connectivity index (χ1) is 8.84. The first-order valence-corrected chi connectivity index (χ1v) is 6.24. The third-order valence-electron chi connectivity index (χ3n) is 2.48. The second-order valence-corrected chi connectivity index (χ2v) is 4.26. The van der Waals surface area contributed by atoms with E-state index >= 15 is 0 Å². The van der Waals surface area contributed by atoms with Gasteiger partial charge in [-0.2, -0.15) is 0 Å². The van der Waals surface area contributed by atoms with Gasteiger partial charge in [0.2, 0.25) is 0 Å². The van der Waals surface area contributed by atoms with E-state index in [1.165, 1.54) is 5.56 Å². The molecule has 1 aromatic carbocycles. The number of hydrogen-bond donors (Lipinski definition) is 2. The zero-order valence-electron chi connectivity index (χ0n) is 9.97. The molecule has 0 fully saturated rings. The minimum atomic E-state index is 0.636. The molecule has 2 aromatic rings. The van der Waals surface area contributed by atoms with Crippen molar-refractivity contribution in [2.75, 3.05) is 11.9 Å². The van der Waals surface area contributed by atoms with Gasteiger partial charge in [-0.1, -0.05) is 30.3 Å². The molecular weight excluding hydrogens is 242 g/mol. The van der Waals surface area contributed by atoms with Crippen LogP contribution in [0.15, 0.2) is 54.9 Å². The van der Waals surface area contributed by atoms with Crippen molar-refractivity contribution in [1.82, 2.24) is 10.3 Å². The summed E-state index contributed by atoms with van der Waals surface area (Å²) in [6.45, 7) is 0.820. The van der Waals surface area contributed by atoms with Crippen molar-refractivity contribution >= 4 is 23.0 Å². The fourth-order valence-electron chi connectivity index (χ4n) is 1.58. The van der Waals surface area contributed by atoms with E-state index in [9.17, 15) is 0 Å². The summed E-state index contributed by atoms with van der Waals surface area (Å²) >= 11 is 5.21. The third kappa shape index (κ3) is 4.14. The van der Waals surface area contributed by atoms with Crippen LogP contribution in [0.4, 0.5) is 5.69 Å². The van der Waals surface area contributed by atoms with Gasteiger partial charge in [0.25, 0.3) is 0 Å². The third-order valence-corrected chi connectivity index (χ3v) is 2.73. The molecule has 0 radical (unpaired) electrons. The molecule has 2 rings (SSSR count). The van der Waals surface area contributed by atoms with Gasteiger partial charge in [-0.15, -0.1) is 0 Å². The van der Waals surface area contributed by atoms with Crippen LogP contribution in [0.3, 0.4) is 0 Å². The van der Waals surface area contributed by atoms with E-state index in [-0.39, 0.29) is 0 Å². The SMILES string of the molecule is S=C(NCCc1ccccc1)Nc1ccncc1. The standard InChI is InChI=1S/C14H15N3S/c18-14(17-13-7-9-15-10-8-13)16-11-6-12-4-2-1-3-5-12/h1-5,7-10H,6,11H2,(H2,15,16,17,18). The van der Waals surface area contributed by atoms with Crippen LogP contribution in [0.5, 0.6) is 0 Å². The molecule has 0 saturated carbocycles. The van der Waals surface area contributed by atoms with Gasteiger partial charge in [-0.05, 0) is 36.3 Å². The number of nitrogens with one attached hydrogen (secondary N) is 2. The molecule has 0 saturated heterocycles. The molecule has 92 valence electrons. The van der Waals surface area contributed by atoms with Crippen LogP contribution in [-0.4, -0.2) is 16.6 Å². The molecule has 0 aliphatic rings. The minimum Gasteiger partial charge on any atom is -0.362 e. The van der Waals surface area contributed by atoms with E-state index in [1.807, 2.05) is 30.3 Å². The van der Waals surface area contributed by atoms with Crippen LogP contribution < -0.4 is 10.6 Å². The molecule has 4 heteroatoms. The zero-order valence-corrected chi connectivity index (χ0v) is 10.8. The molecule has 18 heavy (non-hydrogen) atoms. The quantitative estimate of drug-likeness (QED) is 0.826. The first-order valence-electron chi connectivity index (χ1n) is 5.83. The molecule has 0 bridgehead atoms. The Labute approximate surface area is 112 Å². The van der Waals surface area contributed by atoms with E-state index < -0.39 is 0 Å². The van der Waals surface area contributed by atoms with Crippen LogP contribution in [0, 0.1) is 0 Å². The van der Waals surface area contributed by atoms with E-state index in [2.05, 4.69) is 27.8 Å². The van der Waals surface area contributed by atoms with E-state index in [1.54, 1.807) is 12.4 Å². The number of thiocarbonyl (C=S) groups is 1. The summed E-state index contributed by atoms with van der Waals surface area (Å²) in [7, 11) is 0. The average molecular weight is 257 g/mol. The molecule has 0 atom stereocenters. The molecule has 0 spiro atoms. The topological polar surface area (TPSA) is 37.0 Å². The number of aromatic nitrogens is 1. The van der Waals surface area contributed by atoms with Crippen molar-refractivity contribution in [3.05, 3.63) is 60.4 Å². The molecular formula is C14H15N3S. The number of pyridine rings is 1. The highest BCUT2D eigenvalue weighted by Crippen LogP contribution is 2.02. The van der Waals surface area contributed by atoms with E-state index in [0.29, 0.717) is 5.11 Å². The summed E-state index contributed by atoms with van der Waals surface area (Å²) in [5, 5.41) is 6.92. The maximum atomic E-state index is 5.21. The van der Waals surface area contributed by atoms with Gasteiger partial charge in [-0.25, -0.2) is 0 Å². The van der Waals surface area contributed by atoms with E-state index in [0.717, 1.165) is 18.7 Å². The van der Waals surface area contributed by atoms with Crippen molar-refractivity contribution in [3.8, 4) is 0 Å². The van der Waals surface area contributed by atoms with Gasteiger partial charge in [-0.3, -0.25) is 4.98 Å². The van der Waals surface area contributed by atoms with Crippen LogP contribution in [-0.2, 0) is 6.42 Å². The van der Waals surface area contributed by atoms with Gasteiger partial charge >= 0.3 is 0 Å². The minimum absolute atomic E-state index is 0.636. The Morgan fingerprint density at radius 1 is 1.06 bits per heavy atom. The summed E-state index contributed by atoms with van der Waals surface area (Å²) < 4.78 is 0. The number of rotatable bonds is 4. The molecule has 0 aliphatic heterocycles. The Bertz CT molecular complexity index is 485. The zero-order chi connectivity index (χ0) is 12.6. The van der Waals surface area contributed by atoms with Crippen LogP contribution in [0.2, 0.25) is 0 Å². The number of nitrogens with zero attached hydrogens (tertiary/aromatic N) is 1. The van der Waals surface area contributed by atoms with Gasteiger partial charge in [0.15, 0.2) is 5.11 Å². The summed E-state index contributed by atoms with van der Waals surface area (Å²) in [5.74, 6) is 0. The Kier molecular flexibility index (Phi) is 4.67. The monoisotopic (exact) mass is 257 g/mol. The Balaban J connectivity index is 1.73. The van der Waals surface area contributed by atoms with E-state index in [4.69, 9.17) is 12.2 Å². The Morgan fingerprint density at radius 3 is 2.50 bits per heavy atom. The smallest absolute Gasteiger partial charge is 0.170 e. The Morgan fingerprint density at radius 2 is 1.78 bits per heavy atom. The van der Waals surface area contributed by atoms with Crippen molar-refractivity contribution in [2.24, 2.45) is 0 Å². The highest BCUT2D eigenvalue weighted by atomic mass is 32.1. The van der Waals surface area contributed by atoms with Crippen molar-refractivity contribution in [2.45, 2.75) is 6.42 Å². The predicted octanol–water partition coefficient (Wildman–Crippen LogP) is 2.61. The number of benzene rings is 1. The lowest BCUT2D eigenvalue weighted by molar-refractivity contribution is 0.873. The van der Waals surface area contributed by atoms with Crippen molar-refractivity contribution < 1.29 is 0 Å². The van der Waals surface area contributed by atoms with Crippen LogP contribution in [0.1, 0.15) is 5.56 Å². The lowest BCUT2D eigenvalue weighted by Crippen LogP contribution is -2.30. The van der Waals surface area contributed by atoms with Crippen LogP contribution in [0.25, 0.3) is 0 Å². The first kappa shape index (κ1) is 12.5.